The minimum absolute atomic E-state index is 0.0403. The fraction of sp³-hybridized carbons (Fsp3) is 0.423. The van der Waals surface area contributed by atoms with Gasteiger partial charge in [-0.3, -0.25) is 14.4 Å². The van der Waals surface area contributed by atoms with Gasteiger partial charge in [0, 0.05) is 25.2 Å². The fourth-order valence-electron chi connectivity index (χ4n) is 4.04. The van der Waals surface area contributed by atoms with Gasteiger partial charge in [-0.25, -0.2) is 4.39 Å². The van der Waals surface area contributed by atoms with Gasteiger partial charge in [-0.15, -0.1) is 0 Å². The molecule has 3 rings (SSSR count). The first kappa shape index (κ1) is 25.2. The van der Waals surface area contributed by atoms with Crippen LogP contribution in [0.15, 0.2) is 48.5 Å². The SMILES string of the molecule is COc1cccc(C(=O)N[C@H](C(=O)NCC(C)C)C2CCN(C(=O)c3ccccc3F)CC2)c1. The zero-order valence-electron chi connectivity index (χ0n) is 19.8. The number of benzene rings is 2. The van der Waals surface area contributed by atoms with Crippen molar-refractivity contribution < 1.29 is 23.5 Å². The molecule has 7 nitrogen and oxygen atoms in total. The molecule has 34 heavy (non-hydrogen) atoms. The maximum absolute atomic E-state index is 14.1. The molecule has 0 spiro atoms. The predicted octanol–water partition coefficient (Wildman–Crippen LogP) is 3.26. The third-order valence-corrected chi connectivity index (χ3v) is 5.99. The Bertz CT molecular complexity index is 1020. The van der Waals surface area contributed by atoms with Crippen molar-refractivity contribution in [2.45, 2.75) is 32.7 Å². The van der Waals surface area contributed by atoms with Gasteiger partial charge in [0.05, 0.1) is 12.7 Å². The van der Waals surface area contributed by atoms with Crippen molar-refractivity contribution in [1.29, 1.82) is 0 Å². The molecule has 0 unspecified atom stereocenters. The van der Waals surface area contributed by atoms with Crippen LogP contribution < -0.4 is 15.4 Å². The number of hydrogen-bond donors (Lipinski definition) is 2. The molecule has 8 heteroatoms. The fourth-order valence-corrected chi connectivity index (χ4v) is 4.04. The Morgan fingerprint density at radius 2 is 1.79 bits per heavy atom. The first-order chi connectivity index (χ1) is 16.3. The number of likely N-dealkylation sites (tertiary alicyclic amines) is 1. The van der Waals surface area contributed by atoms with E-state index in [2.05, 4.69) is 10.6 Å². The van der Waals surface area contributed by atoms with Crippen LogP contribution in [0, 0.1) is 17.7 Å². The van der Waals surface area contributed by atoms with Crippen molar-refractivity contribution in [3.63, 3.8) is 0 Å². The van der Waals surface area contributed by atoms with E-state index in [1.165, 1.54) is 19.2 Å². The highest BCUT2D eigenvalue weighted by Crippen LogP contribution is 2.24. The van der Waals surface area contributed by atoms with Crippen LogP contribution in [-0.2, 0) is 4.79 Å². The number of hydrogen-bond acceptors (Lipinski definition) is 4. The molecule has 1 aliphatic heterocycles. The first-order valence-electron chi connectivity index (χ1n) is 11.6. The molecule has 2 aromatic carbocycles. The Kier molecular flexibility index (Phi) is 8.62. The summed E-state index contributed by atoms with van der Waals surface area (Å²) < 4.78 is 19.3. The van der Waals surface area contributed by atoms with Gasteiger partial charge in [-0.1, -0.05) is 32.0 Å². The maximum Gasteiger partial charge on any atom is 0.256 e. The van der Waals surface area contributed by atoms with Crippen molar-refractivity contribution in [3.05, 3.63) is 65.5 Å². The lowest BCUT2D eigenvalue weighted by Crippen LogP contribution is -2.54. The molecule has 1 heterocycles. The number of carbonyl (C=O) groups excluding carboxylic acids is 3. The first-order valence-corrected chi connectivity index (χ1v) is 11.6. The number of rotatable bonds is 8. The molecular weight excluding hydrogens is 437 g/mol. The van der Waals surface area contributed by atoms with E-state index in [-0.39, 0.29) is 35.1 Å². The van der Waals surface area contributed by atoms with E-state index in [1.54, 1.807) is 41.3 Å². The van der Waals surface area contributed by atoms with Crippen LogP contribution in [0.5, 0.6) is 5.75 Å². The average Bonchev–Trinajstić information content (AvgIpc) is 2.85. The summed E-state index contributed by atoms with van der Waals surface area (Å²) in [6.07, 6.45) is 1.02. The smallest absolute Gasteiger partial charge is 0.256 e. The van der Waals surface area contributed by atoms with Crippen LogP contribution in [0.3, 0.4) is 0 Å². The molecule has 182 valence electrons. The number of piperidine rings is 1. The molecule has 0 saturated carbocycles. The summed E-state index contributed by atoms with van der Waals surface area (Å²) in [5, 5.41) is 5.81. The minimum Gasteiger partial charge on any atom is -0.497 e. The Labute approximate surface area is 199 Å². The second-order valence-electron chi connectivity index (χ2n) is 8.93. The second-order valence-corrected chi connectivity index (χ2v) is 8.93. The lowest BCUT2D eigenvalue weighted by Gasteiger charge is -2.36. The van der Waals surface area contributed by atoms with Crippen LogP contribution in [0.25, 0.3) is 0 Å². The summed E-state index contributed by atoms with van der Waals surface area (Å²) in [6, 6.07) is 11.9. The van der Waals surface area contributed by atoms with Gasteiger partial charge in [-0.2, -0.15) is 0 Å². The lowest BCUT2D eigenvalue weighted by atomic mass is 9.88. The van der Waals surface area contributed by atoms with Crippen molar-refractivity contribution in [1.82, 2.24) is 15.5 Å². The van der Waals surface area contributed by atoms with E-state index >= 15 is 0 Å². The van der Waals surface area contributed by atoms with E-state index in [9.17, 15) is 18.8 Å². The number of ether oxygens (including phenoxy) is 1. The monoisotopic (exact) mass is 469 g/mol. The van der Waals surface area contributed by atoms with Gasteiger partial charge in [-0.05, 0) is 55.0 Å². The van der Waals surface area contributed by atoms with E-state index < -0.39 is 11.9 Å². The zero-order chi connectivity index (χ0) is 24.7. The Hall–Kier alpha value is -3.42. The Morgan fingerprint density at radius 3 is 2.44 bits per heavy atom. The van der Waals surface area contributed by atoms with Gasteiger partial charge in [0.25, 0.3) is 11.8 Å². The predicted molar refractivity (Wildman–Crippen MR) is 127 cm³/mol. The highest BCUT2D eigenvalue weighted by atomic mass is 19.1. The number of nitrogens with zero attached hydrogens (tertiary/aromatic N) is 1. The van der Waals surface area contributed by atoms with E-state index in [4.69, 9.17) is 4.74 Å². The molecule has 1 fully saturated rings. The summed E-state index contributed by atoms with van der Waals surface area (Å²) >= 11 is 0. The third kappa shape index (κ3) is 6.34. The Balaban J connectivity index is 1.71. The molecule has 0 radical (unpaired) electrons. The van der Waals surface area contributed by atoms with Crippen molar-refractivity contribution in [2.24, 2.45) is 11.8 Å². The Morgan fingerprint density at radius 1 is 1.09 bits per heavy atom. The molecule has 3 amide bonds. The van der Waals surface area contributed by atoms with Crippen LogP contribution in [0.1, 0.15) is 47.4 Å². The van der Waals surface area contributed by atoms with Crippen LogP contribution in [0.4, 0.5) is 4.39 Å². The molecule has 2 aromatic rings. The number of amides is 3. The van der Waals surface area contributed by atoms with Crippen molar-refractivity contribution >= 4 is 17.7 Å². The molecular formula is C26H32FN3O4. The molecule has 1 aliphatic rings. The van der Waals surface area contributed by atoms with Gasteiger partial charge < -0.3 is 20.3 Å². The molecule has 0 bridgehead atoms. The van der Waals surface area contributed by atoms with Crippen molar-refractivity contribution in [3.8, 4) is 5.75 Å². The standard InChI is InChI=1S/C26H32FN3O4/c1-17(2)16-28-25(32)23(29-24(31)19-7-6-8-20(15-19)34-3)18-11-13-30(14-12-18)26(33)21-9-4-5-10-22(21)27/h4-10,15,17-18,23H,11-14,16H2,1-3H3,(H,28,32)(H,29,31)/t23-/m0/s1. The number of methoxy groups -OCH3 is 1. The minimum atomic E-state index is -0.747. The highest BCUT2D eigenvalue weighted by molar-refractivity contribution is 5.98. The normalized spacial score (nSPS) is 15.0. The molecule has 1 saturated heterocycles. The average molecular weight is 470 g/mol. The molecule has 0 aliphatic carbocycles. The van der Waals surface area contributed by atoms with Crippen LogP contribution >= 0.6 is 0 Å². The molecule has 0 aromatic heterocycles. The quantitative estimate of drug-likeness (QED) is 0.621. The summed E-state index contributed by atoms with van der Waals surface area (Å²) in [4.78, 5) is 40.3. The summed E-state index contributed by atoms with van der Waals surface area (Å²) in [6.45, 7) is 5.24. The van der Waals surface area contributed by atoms with Crippen LogP contribution in [-0.4, -0.2) is 55.4 Å². The third-order valence-electron chi connectivity index (χ3n) is 5.99. The summed E-state index contributed by atoms with van der Waals surface area (Å²) in [7, 11) is 1.52. The maximum atomic E-state index is 14.1. The molecule has 1 atom stereocenters. The van der Waals surface area contributed by atoms with Gasteiger partial charge in [0.2, 0.25) is 5.91 Å². The lowest BCUT2D eigenvalue weighted by molar-refractivity contribution is -0.124. The van der Waals surface area contributed by atoms with Gasteiger partial charge in [0.15, 0.2) is 0 Å². The largest absolute Gasteiger partial charge is 0.497 e. The van der Waals surface area contributed by atoms with E-state index in [0.29, 0.717) is 43.8 Å². The van der Waals surface area contributed by atoms with Gasteiger partial charge >= 0.3 is 0 Å². The van der Waals surface area contributed by atoms with E-state index in [1.807, 2.05) is 13.8 Å². The summed E-state index contributed by atoms with van der Waals surface area (Å²) in [5.74, 6) is -0.875. The second kappa shape index (κ2) is 11.6. The van der Waals surface area contributed by atoms with Crippen molar-refractivity contribution in [2.75, 3.05) is 26.7 Å². The number of nitrogens with one attached hydrogen (secondary N) is 2. The van der Waals surface area contributed by atoms with Gasteiger partial charge in [0.1, 0.15) is 17.6 Å². The highest BCUT2D eigenvalue weighted by Gasteiger charge is 2.34. The number of halogens is 1. The topological polar surface area (TPSA) is 87.7 Å². The van der Waals surface area contributed by atoms with E-state index in [0.717, 1.165) is 0 Å². The molecule has 2 N–H and O–H groups in total. The van der Waals surface area contributed by atoms with Crippen LogP contribution in [0.2, 0.25) is 0 Å². The number of carbonyl (C=O) groups is 3. The summed E-state index contributed by atoms with van der Waals surface area (Å²) in [5.41, 5.74) is 0.437. The zero-order valence-corrected chi connectivity index (χ0v) is 19.8.